The zero-order valence-corrected chi connectivity index (χ0v) is 10.9. The van der Waals surface area contributed by atoms with E-state index in [0.29, 0.717) is 5.56 Å². The Morgan fingerprint density at radius 1 is 1.50 bits per heavy atom. The largest absolute Gasteiger partial charge is 0.332 e. The van der Waals surface area contributed by atoms with E-state index in [9.17, 15) is 0 Å². The summed E-state index contributed by atoms with van der Waals surface area (Å²) in [6.07, 6.45) is 1.83. The Morgan fingerprint density at radius 2 is 2.31 bits per heavy atom. The van der Waals surface area contributed by atoms with Crippen LogP contribution in [0.3, 0.4) is 0 Å². The lowest BCUT2D eigenvalue weighted by atomic mass is 10.2. The van der Waals surface area contributed by atoms with Crippen LogP contribution in [0, 0.1) is 18.3 Å². The highest BCUT2D eigenvalue weighted by Crippen LogP contribution is 2.25. The quantitative estimate of drug-likeness (QED) is 0.915. The standard InChI is InChI=1S/C11H8BrN3S/c1-7-6-14-11(16-7)15-9-3-2-8(5-13)10(12)4-9/h2-4,6H,1H3,(H,14,15). The molecular formula is C11H8BrN3S. The van der Waals surface area contributed by atoms with Crippen molar-refractivity contribution in [3.05, 3.63) is 39.3 Å². The number of anilines is 2. The summed E-state index contributed by atoms with van der Waals surface area (Å²) < 4.78 is 0.785. The Bertz CT molecular complexity index is 557. The molecular weight excluding hydrogens is 286 g/mol. The maximum Gasteiger partial charge on any atom is 0.187 e. The molecule has 0 radical (unpaired) electrons. The first-order valence-corrected chi connectivity index (χ1v) is 6.19. The molecule has 3 nitrogen and oxygen atoms in total. The maximum absolute atomic E-state index is 8.79. The minimum absolute atomic E-state index is 0.626. The van der Waals surface area contributed by atoms with Gasteiger partial charge in [0.15, 0.2) is 5.13 Å². The zero-order chi connectivity index (χ0) is 11.5. The number of aryl methyl sites for hydroxylation is 1. The van der Waals surface area contributed by atoms with Crippen LogP contribution in [0.1, 0.15) is 10.4 Å². The summed E-state index contributed by atoms with van der Waals surface area (Å²) in [6, 6.07) is 7.60. The minimum Gasteiger partial charge on any atom is -0.332 e. The lowest BCUT2D eigenvalue weighted by Crippen LogP contribution is -1.89. The molecule has 0 fully saturated rings. The van der Waals surface area contributed by atoms with E-state index in [1.807, 2.05) is 25.3 Å². The van der Waals surface area contributed by atoms with Gasteiger partial charge in [0.05, 0.1) is 5.56 Å². The van der Waals surface area contributed by atoms with Gasteiger partial charge < -0.3 is 5.32 Å². The van der Waals surface area contributed by atoms with Gasteiger partial charge in [-0.2, -0.15) is 5.26 Å². The normalized spacial score (nSPS) is 9.81. The molecule has 1 aromatic carbocycles. The van der Waals surface area contributed by atoms with Crippen LogP contribution in [0.25, 0.3) is 0 Å². The Labute approximate surface area is 106 Å². The predicted octanol–water partition coefficient (Wildman–Crippen LogP) is 3.83. The fourth-order valence-electron chi connectivity index (χ4n) is 1.22. The van der Waals surface area contributed by atoms with E-state index in [-0.39, 0.29) is 0 Å². The molecule has 2 rings (SSSR count). The Balaban J connectivity index is 2.23. The van der Waals surface area contributed by atoms with E-state index >= 15 is 0 Å². The number of hydrogen-bond acceptors (Lipinski definition) is 4. The van der Waals surface area contributed by atoms with Gasteiger partial charge in [0.1, 0.15) is 6.07 Å². The highest BCUT2D eigenvalue weighted by molar-refractivity contribution is 9.10. The van der Waals surface area contributed by atoms with Crippen LogP contribution in [0.15, 0.2) is 28.9 Å². The third-order valence-electron chi connectivity index (χ3n) is 1.96. The first-order chi connectivity index (χ1) is 7.69. The lowest BCUT2D eigenvalue weighted by molar-refractivity contribution is 1.36. The van der Waals surface area contributed by atoms with Gasteiger partial charge in [0, 0.05) is 21.2 Å². The Hall–Kier alpha value is -1.38. The Morgan fingerprint density at radius 3 is 2.88 bits per heavy atom. The monoisotopic (exact) mass is 293 g/mol. The number of rotatable bonds is 2. The fraction of sp³-hybridized carbons (Fsp3) is 0.0909. The predicted molar refractivity (Wildman–Crippen MR) is 69.0 cm³/mol. The molecule has 1 N–H and O–H groups in total. The van der Waals surface area contributed by atoms with Gasteiger partial charge in [-0.1, -0.05) is 0 Å². The first-order valence-electron chi connectivity index (χ1n) is 4.58. The van der Waals surface area contributed by atoms with Crippen molar-refractivity contribution < 1.29 is 0 Å². The SMILES string of the molecule is Cc1cnc(Nc2ccc(C#N)c(Br)c2)s1. The number of benzene rings is 1. The molecule has 5 heteroatoms. The molecule has 0 saturated heterocycles. The van der Waals surface area contributed by atoms with Crippen molar-refractivity contribution in [2.75, 3.05) is 5.32 Å². The zero-order valence-electron chi connectivity index (χ0n) is 8.49. The molecule has 0 saturated carbocycles. The molecule has 80 valence electrons. The van der Waals surface area contributed by atoms with Crippen LogP contribution in [0.5, 0.6) is 0 Å². The molecule has 0 bridgehead atoms. The van der Waals surface area contributed by atoms with E-state index in [0.717, 1.165) is 20.2 Å². The van der Waals surface area contributed by atoms with Crippen molar-refractivity contribution in [1.82, 2.24) is 4.98 Å². The summed E-state index contributed by atoms with van der Waals surface area (Å²) in [6.45, 7) is 2.01. The van der Waals surface area contributed by atoms with Crippen LogP contribution in [-0.2, 0) is 0 Å². The van der Waals surface area contributed by atoms with Crippen LogP contribution in [-0.4, -0.2) is 4.98 Å². The average Bonchev–Trinajstić information content (AvgIpc) is 2.64. The molecule has 1 aromatic heterocycles. The van der Waals surface area contributed by atoms with E-state index in [1.54, 1.807) is 17.4 Å². The van der Waals surface area contributed by atoms with Crippen LogP contribution in [0.4, 0.5) is 10.8 Å². The highest BCUT2D eigenvalue weighted by Gasteiger charge is 2.02. The third kappa shape index (κ3) is 2.40. The minimum atomic E-state index is 0.626. The van der Waals surface area contributed by atoms with Crippen molar-refractivity contribution in [2.45, 2.75) is 6.92 Å². The molecule has 2 aromatic rings. The van der Waals surface area contributed by atoms with E-state index in [1.165, 1.54) is 0 Å². The second kappa shape index (κ2) is 4.64. The summed E-state index contributed by atoms with van der Waals surface area (Å²) >= 11 is 4.94. The second-order valence-electron chi connectivity index (χ2n) is 3.21. The molecule has 0 aliphatic heterocycles. The fourth-order valence-corrected chi connectivity index (χ4v) is 2.37. The molecule has 1 heterocycles. The van der Waals surface area contributed by atoms with E-state index in [2.05, 4.69) is 32.3 Å². The average molecular weight is 294 g/mol. The topological polar surface area (TPSA) is 48.7 Å². The van der Waals surface area contributed by atoms with Crippen LogP contribution < -0.4 is 5.32 Å². The Kier molecular flexibility index (Phi) is 3.22. The summed E-state index contributed by atoms with van der Waals surface area (Å²) in [5.41, 5.74) is 1.54. The maximum atomic E-state index is 8.79. The summed E-state index contributed by atoms with van der Waals surface area (Å²) in [5, 5.41) is 12.8. The summed E-state index contributed by atoms with van der Waals surface area (Å²) in [7, 11) is 0. The van der Waals surface area contributed by atoms with Gasteiger partial charge in [0.2, 0.25) is 0 Å². The molecule has 0 atom stereocenters. The number of hydrogen-bond donors (Lipinski definition) is 1. The molecule has 0 spiro atoms. The van der Waals surface area contributed by atoms with Gasteiger partial charge >= 0.3 is 0 Å². The number of aromatic nitrogens is 1. The number of nitrogens with zero attached hydrogens (tertiary/aromatic N) is 2. The third-order valence-corrected chi connectivity index (χ3v) is 3.45. The summed E-state index contributed by atoms with van der Waals surface area (Å²) in [5.74, 6) is 0. The van der Waals surface area contributed by atoms with E-state index < -0.39 is 0 Å². The number of nitriles is 1. The molecule has 0 unspecified atom stereocenters. The van der Waals surface area contributed by atoms with Gasteiger partial charge in [-0.15, -0.1) is 11.3 Å². The second-order valence-corrected chi connectivity index (χ2v) is 5.30. The van der Waals surface area contributed by atoms with Gasteiger partial charge in [-0.05, 0) is 41.1 Å². The lowest BCUT2D eigenvalue weighted by Gasteiger charge is -2.03. The van der Waals surface area contributed by atoms with Crippen molar-refractivity contribution in [2.24, 2.45) is 0 Å². The van der Waals surface area contributed by atoms with Gasteiger partial charge in [-0.25, -0.2) is 4.98 Å². The van der Waals surface area contributed by atoms with E-state index in [4.69, 9.17) is 5.26 Å². The number of thiazole rings is 1. The molecule has 0 amide bonds. The van der Waals surface area contributed by atoms with Gasteiger partial charge in [0.25, 0.3) is 0 Å². The van der Waals surface area contributed by atoms with Crippen LogP contribution in [0.2, 0.25) is 0 Å². The first kappa shape index (κ1) is 11.1. The highest BCUT2D eigenvalue weighted by atomic mass is 79.9. The van der Waals surface area contributed by atoms with Crippen molar-refractivity contribution in [1.29, 1.82) is 5.26 Å². The van der Waals surface area contributed by atoms with Gasteiger partial charge in [-0.3, -0.25) is 0 Å². The number of halogens is 1. The number of nitrogens with one attached hydrogen (secondary N) is 1. The summed E-state index contributed by atoms with van der Waals surface area (Å²) in [4.78, 5) is 5.37. The molecule has 16 heavy (non-hydrogen) atoms. The van der Waals surface area contributed by atoms with Crippen molar-refractivity contribution in [3.8, 4) is 6.07 Å². The van der Waals surface area contributed by atoms with Crippen molar-refractivity contribution >= 4 is 38.1 Å². The molecule has 0 aliphatic rings. The smallest absolute Gasteiger partial charge is 0.187 e. The van der Waals surface area contributed by atoms with Crippen molar-refractivity contribution in [3.63, 3.8) is 0 Å². The van der Waals surface area contributed by atoms with Crippen LogP contribution >= 0.6 is 27.3 Å². The molecule has 0 aliphatic carbocycles.